The summed E-state index contributed by atoms with van der Waals surface area (Å²) in [5.74, 6) is -0.496. The molecule has 0 spiro atoms. The standard InChI is InChI=1S/C9H8N2O3S2/c1-2-14-8(13)4-3-16-7-5(4)6(12)10-9(15)11-7/h3H,2H2,1H3,(H2,10,11,12,15). The van der Waals surface area contributed by atoms with E-state index in [9.17, 15) is 9.59 Å². The number of ether oxygens (including phenoxy) is 1. The molecule has 7 heteroatoms. The van der Waals surface area contributed by atoms with Crippen LogP contribution < -0.4 is 5.56 Å². The van der Waals surface area contributed by atoms with Crippen molar-refractivity contribution in [2.75, 3.05) is 6.61 Å². The van der Waals surface area contributed by atoms with E-state index in [0.717, 1.165) is 0 Å². The first-order valence-corrected chi connectivity index (χ1v) is 5.83. The van der Waals surface area contributed by atoms with E-state index in [4.69, 9.17) is 17.0 Å². The molecular weight excluding hydrogens is 248 g/mol. The van der Waals surface area contributed by atoms with Gasteiger partial charge in [0.2, 0.25) is 0 Å². The van der Waals surface area contributed by atoms with Crippen LogP contribution in [0.25, 0.3) is 10.2 Å². The number of thiophene rings is 1. The molecule has 0 aliphatic heterocycles. The van der Waals surface area contributed by atoms with E-state index in [1.165, 1.54) is 11.3 Å². The van der Waals surface area contributed by atoms with E-state index in [1.54, 1.807) is 12.3 Å². The number of H-pyrrole nitrogens is 2. The van der Waals surface area contributed by atoms with Crippen LogP contribution in [-0.2, 0) is 4.74 Å². The molecule has 0 aliphatic rings. The number of fused-ring (bicyclic) bond motifs is 1. The van der Waals surface area contributed by atoms with Gasteiger partial charge in [-0.1, -0.05) is 0 Å². The molecule has 0 bridgehead atoms. The maximum Gasteiger partial charge on any atom is 0.339 e. The Morgan fingerprint density at radius 1 is 1.56 bits per heavy atom. The van der Waals surface area contributed by atoms with Gasteiger partial charge < -0.3 is 9.72 Å². The molecular formula is C9H8N2O3S2. The number of carbonyl (C=O) groups excluding carboxylic acids is 1. The van der Waals surface area contributed by atoms with E-state index >= 15 is 0 Å². The van der Waals surface area contributed by atoms with Gasteiger partial charge in [-0.15, -0.1) is 11.3 Å². The van der Waals surface area contributed by atoms with Crippen LogP contribution in [0.5, 0.6) is 0 Å². The summed E-state index contributed by atoms with van der Waals surface area (Å²) in [6.45, 7) is 1.99. The SMILES string of the molecule is CCOC(=O)c1csc2[nH]c(=S)[nH]c(=O)c12. The van der Waals surface area contributed by atoms with E-state index in [1.807, 2.05) is 0 Å². The molecule has 16 heavy (non-hydrogen) atoms. The third-order valence-electron chi connectivity index (χ3n) is 1.97. The Balaban J connectivity index is 2.70. The lowest BCUT2D eigenvalue weighted by Crippen LogP contribution is -2.12. The summed E-state index contributed by atoms with van der Waals surface area (Å²) in [6, 6.07) is 0. The third kappa shape index (κ3) is 1.79. The van der Waals surface area contributed by atoms with Crippen LogP contribution in [0.4, 0.5) is 0 Å². The van der Waals surface area contributed by atoms with E-state index < -0.39 is 5.97 Å². The Morgan fingerprint density at radius 2 is 2.31 bits per heavy atom. The van der Waals surface area contributed by atoms with E-state index in [-0.39, 0.29) is 22.5 Å². The molecule has 0 radical (unpaired) electrons. The summed E-state index contributed by atoms with van der Waals surface area (Å²) in [6.07, 6.45) is 0. The predicted octanol–water partition coefficient (Wildman–Crippen LogP) is 1.82. The fraction of sp³-hybridized carbons (Fsp3) is 0.222. The summed E-state index contributed by atoms with van der Waals surface area (Å²) in [7, 11) is 0. The van der Waals surface area contributed by atoms with Crippen LogP contribution >= 0.6 is 23.6 Å². The Kier molecular flexibility index (Phi) is 2.88. The van der Waals surface area contributed by atoms with Crippen LogP contribution in [0.2, 0.25) is 0 Å². The molecule has 2 heterocycles. The highest BCUT2D eigenvalue weighted by Gasteiger charge is 2.16. The number of rotatable bonds is 2. The monoisotopic (exact) mass is 256 g/mol. The van der Waals surface area contributed by atoms with Crippen LogP contribution in [0.15, 0.2) is 10.2 Å². The molecule has 0 atom stereocenters. The van der Waals surface area contributed by atoms with Gasteiger partial charge in [0.15, 0.2) is 4.77 Å². The van der Waals surface area contributed by atoms with Crippen LogP contribution in [0.3, 0.4) is 0 Å². The second kappa shape index (κ2) is 4.18. The van der Waals surface area contributed by atoms with Crippen molar-refractivity contribution in [1.82, 2.24) is 9.97 Å². The van der Waals surface area contributed by atoms with Gasteiger partial charge in [0.1, 0.15) is 4.83 Å². The molecule has 2 N–H and O–H groups in total. The number of hydrogen-bond acceptors (Lipinski definition) is 5. The first-order valence-electron chi connectivity index (χ1n) is 4.54. The summed E-state index contributed by atoms with van der Waals surface area (Å²) < 4.78 is 5.10. The second-order valence-electron chi connectivity index (χ2n) is 2.98. The summed E-state index contributed by atoms with van der Waals surface area (Å²) >= 11 is 6.09. The number of aromatic amines is 2. The van der Waals surface area contributed by atoms with Crippen LogP contribution in [0, 0.1) is 4.77 Å². The fourth-order valence-corrected chi connectivity index (χ4v) is 2.53. The van der Waals surface area contributed by atoms with Gasteiger partial charge in [0, 0.05) is 5.38 Å². The molecule has 0 amide bonds. The molecule has 2 aromatic rings. The van der Waals surface area contributed by atoms with Crippen molar-refractivity contribution in [2.24, 2.45) is 0 Å². The zero-order chi connectivity index (χ0) is 11.7. The van der Waals surface area contributed by atoms with Crippen molar-refractivity contribution in [2.45, 2.75) is 6.92 Å². The van der Waals surface area contributed by atoms with Crippen LogP contribution in [0.1, 0.15) is 17.3 Å². The van der Waals surface area contributed by atoms with Crippen LogP contribution in [-0.4, -0.2) is 22.5 Å². The Bertz CT molecular complexity index is 653. The topological polar surface area (TPSA) is 75.0 Å². The van der Waals surface area contributed by atoms with Gasteiger partial charge in [-0.25, -0.2) is 4.79 Å². The van der Waals surface area contributed by atoms with Crippen molar-refractivity contribution in [3.8, 4) is 0 Å². The molecule has 0 saturated carbocycles. The molecule has 5 nitrogen and oxygen atoms in total. The molecule has 0 fully saturated rings. The number of carbonyl (C=O) groups is 1. The summed E-state index contributed by atoms with van der Waals surface area (Å²) in [5, 5.41) is 1.89. The summed E-state index contributed by atoms with van der Waals surface area (Å²) in [4.78, 5) is 29.0. The fourth-order valence-electron chi connectivity index (χ4n) is 1.33. The number of nitrogens with one attached hydrogen (secondary N) is 2. The van der Waals surface area contributed by atoms with Crippen molar-refractivity contribution < 1.29 is 9.53 Å². The van der Waals surface area contributed by atoms with Gasteiger partial charge in [0.05, 0.1) is 17.6 Å². The highest BCUT2D eigenvalue weighted by atomic mass is 32.1. The van der Waals surface area contributed by atoms with Crippen molar-refractivity contribution in [3.05, 3.63) is 26.1 Å². The number of aromatic nitrogens is 2. The maximum atomic E-state index is 11.6. The molecule has 84 valence electrons. The predicted molar refractivity (Wildman–Crippen MR) is 63.6 cm³/mol. The number of hydrogen-bond donors (Lipinski definition) is 2. The average molecular weight is 256 g/mol. The highest BCUT2D eigenvalue weighted by Crippen LogP contribution is 2.21. The average Bonchev–Trinajstić information content (AvgIpc) is 2.61. The van der Waals surface area contributed by atoms with E-state index in [2.05, 4.69) is 9.97 Å². The molecule has 0 aliphatic carbocycles. The molecule has 2 aromatic heterocycles. The van der Waals surface area contributed by atoms with Gasteiger partial charge in [-0.2, -0.15) is 0 Å². The minimum absolute atomic E-state index is 0.245. The minimum Gasteiger partial charge on any atom is -0.462 e. The summed E-state index contributed by atoms with van der Waals surface area (Å²) in [5.41, 5.74) is -0.0996. The van der Waals surface area contributed by atoms with Crippen molar-refractivity contribution >= 4 is 39.7 Å². The van der Waals surface area contributed by atoms with Crippen molar-refractivity contribution in [3.63, 3.8) is 0 Å². The molecule has 0 unspecified atom stereocenters. The van der Waals surface area contributed by atoms with Gasteiger partial charge in [-0.05, 0) is 19.1 Å². The lowest BCUT2D eigenvalue weighted by molar-refractivity contribution is 0.0529. The zero-order valence-electron chi connectivity index (χ0n) is 8.33. The smallest absolute Gasteiger partial charge is 0.339 e. The van der Waals surface area contributed by atoms with E-state index in [0.29, 0.717) is 10.2 Å². The van der Waals surface area contributed by atoms with Crippen molar-refractivity contribution in [1.29, 1.82) is 0 Å². The van der Waals surface area contributed by atoms with Gasteiger partial charge in [0.25, 0.3) is 5.56 Å². The van der Waals surface area contributed by atoms with Gasteiger partial charge >= 0.3 is 5.97 Å². The Morgan fingerprint density at radius 3 is 3.00 bits per heavy atom. The quantitative estimate of drug-likeness (QED) is 0.635. The first kappa shape index (κ1) is 11.0. The maximum absolute atomic E-state index is 11.6. The highest BCUT2D eigenvalue weighted by molar-refractivity contribution is 7.71. The minimum atomic E-state index is -0.496. The lowest BCUT2D eigenvalue weighted by Gasteiger charge is -1.98. The lowest BCUT2D eigenvalue weighted by atomic mass is 10.2. The second-order valence-corrected chi connectivity index (χ2v) is 4.27. The Hall–Kier alpha value is -1.47. The zero-order valence-corrected chi connectivity index (χ0v) is 9.96. The first-order chi connectivity index (χ1) is 7.63. The molecule has 0 aromatic carbocycles. The normalized spacial score (nSPS) is 10.6. The third-order valence-corrected chi connectivity index (χ3v) is 3.07. The molecule has 0 saturated heterocycles. The molecule has 2 rings (SSSR count). The largest absolute Gasteiger partial charge is 0.462 e. The van der Waals surface area contributed by atoms with Gasteiger partial charge in [-0.3, -0.25) is 9.78 Å². The Labute approximate surface area is 99.1 Å². The number of esters is 1.